The van der Waals surface area contributed by atoms with Crippen molar-refractivity contribution in [3.63, 3.8) is 0 Å². The van der Waals surface area contributed by atoms with E-state index in [0.29, 0.717) is 6.54 Å². The Bertz CT molecular complexity index is 348. The molecule has 0 aliphatic carbocycles. The lowest BCUT2D eigenvalue weighted by molar-refractivity contribution is 0.126. The summed E-state index contributed by atoms with van der Waals surface area (Å²) < 4.78 is 5.59. The zero-order chi connectivity index (χ0) is 14.3. The molecule has 0 saturated heterocycles. The lowest BCUT2D eigenvalue weighted by Crippen LogP contribution is -2.25. The fourth-order valence-electron chi connectivity index (χ4n) is 1.96. The highest BCUT2D eigenvalue weighted by Gasteiger charge is 2.10. The second-order valence-electron chi connectivity index (χ2n) is 5.37. The molecule has 1 N–H and O–H groups in total. The summed E-state index contributed by atoms with van der Waals surface area (Å²) in [6.45, 7) is 7.89. The molecule has 0 bridgehead atoms. The average molecular weight is 265 g/mol. The number of hydrogen-bond donors (Lipinski definition) is 1. The molecule has 0 radical (unpaired) electrons. The highest BCUT2D eigenvalue weighted by Crippen LogP contribution is 2.19. The van der Waals surface area contributed by atoms with Crippen LogP contribution in [-0.2, 0) is 0 Å². The number of likely N-dealkylation sites (N-methyl/N-ethyl adjacent to an activating group) is 1. The van der Waals surface area contributed by atoms with Gasteiger partial charge in [0.15, 0.2) is 0 Å². The molecule has 0 heterocycles. The molecule has 1 aromatic carbocycles. The predicted octanol–water partition coefficient (Wildman–Crippen LogP) is 3.24. The smallest absolute Gasteiger partial charge is 0.119 e. The van der Waals surface area contributed by atoms with Crippen LogP contribution < -0.4 is 4.74 Å². The van der Waals surface area contributed by atoms with E-state index >= 15 is 0 Å². The molecule has 1 aromatic rings. The normalized spacial score (nSPS) is 13.0. The summed E-state index contributed by atoms with van der Waals surface area (Å²) in [6, 6.07) is 7.72. The van der Waals surface area contributed by atoms with Crippen LogP contribution in [-0.4, -0.2) is 36.2 Å². The summed E-state index contributed by atoms with van der Waals surface area (Å²) in [4.78, 5) is 2.17. The van der Waals surface area contributed by atoms with E-state index < -0.39 is 6.10 Å². The fraction of sp³-hybridized carbons (Fsp3) is 0.625. The highest BCUT2D eigenvalue weighted by atomic mass is 16.5. The van der Waals surface area contributed by atoms with Crippen molar-refractivity contribution in [2.75, 3.05) is 20.1 Å². The van der Waals surface area contributed by atoms with Gasteiger partial charge in [0.25, 0.3) is 0 Å². The lowest BCUT2D eigenvalue weighted by atomic mass is 10.1. The third-order valence-corrected chi connectivity index (χ3v) is 3.01. The van der Waals surface area contributed by atoms with E-state index in [1.165, 1.54) is 12.8 Å². The number of nitrogens with zero attached hydrogens (tertiary/aromatic N) is 1. The van der Waals surface area contributed by atoms with E-state index in [1.54, 1.807) is 0 Å². The summed E-state index contributed by atoms with van der Waals surface area (Å²) in [5.74, 6) is 0.852. The number of rotatable bonds is 8. The number of hydrogen-bond acceptors (Lipinski definition) is 3. The molecule has 1 atom stereocenters. The molecule has 0 fully saturated rings. The van der Waals surface area contributed by atoms with Crippen LogP contribution in [0.15, 0.2) is 24.3 Å². The molecule has 0 amide bonds. The van der Waals surface area contributed by atoms with Crippen molar-refractivity contribution in [2.45, 2.75) is 45.8 Å². The van der Waals surface area contributed by atoms with Crippen LogP contribution in [0.25, 0.3) is 0 Å². The van der Waals surface area contributed by atoms with Crippen LogP contribution in [0.2, 0.25) is 0 Å². The van der Waals surface area contributed by atoms with Crippen molar-refractivity contribution in [1.82, 2.24) is 4.90 Å². The Morgan fingerprint density at radius 3 is 2.37 bits per heavy atom. The van der Waals surface area contributed by atoms with Gasteiger partial charge in [0, 0.05) is 6.54 Å². The molecule has 0 aliphatic rings. The average Bonchev–Trinajstić information content (AvgIpc) is 2.36. The van der Waals surface area contributed by atoms with Gasteiger partial charge < -0.3 is 14.7 Å². The second kappa shape index (κ2) is 8.18. The van der Waals surface area contributed by atoms with E-state index in [-0.39, 0.29) is 6.10 Å². The van der Waals surface area contributed by atoms with Crippen LogP contribution in [0.5, 0.6) is 5.75 Å². The molecule has 108 valence electrons. The molecule has 19 heavy (non-hydrogen) atoms. The molecule has 3 nitrogen and oxygen atoms in total. The molecule has 1 rings (SSSR count). The maximum atomic E-state index is 10.2. The van der Waals surface area contributed by atoms with Crippen LogP contribution in [0.3, 0.4) is 0 Å². The molecule has 0 saturated carbocycles. The molecular weight excluding hydrogens is 238 g/mol. The van der Waals surface area contributed by atoms with Gasteiger partial charge in [-0.3, -0.25) is 0 Å². The number of aliphatic hydroxyl groups is 1. The molecule has 0 aromatic heterocycles. The third-order valence-electron chi connectivity index (χ3n) is 3.01. The van der Waals surface area contributed by atoms with E-state index in [1.807, 2.05) is 38.1 Å². The first-order valence-corrected chi connectivity index (χ1v) is 7.16. The second-order valence-corrected chi connectivity index (χ2v) is 5.37. The van der Waals surface area contributed by atoms with Gasteiger partial charge in [0.1, 0.15) is 5.75 Å². The monoisotopic (exact) mass is 265 g/mol. The highest BCUT2D eigenvalue weighted by molar-refractivity contribution is 5.28. The van der Waals surface area contributed by atoms with Crippen LogP contribution in [0.4, 0.5) is 0 Å². The van der Waals surface area contributed by atoms with Crippen molar-refractivity contribution in [2.24, 2.45) is 0 Å². The van der Waals surface area contributed by atoms with Crippen molar-refractivity contribution < 1.29 is 9.84 Å². The van der Waals surface area contributed by atoms with Gasteiger partial charge in [-0.1, -0.05) is 25.5 Å². The molecular formula is C16H27NO2. The topological polar surface area (TPSA) is 32.7 Å². The Morgan fingerprint density at radius 1 is 1.21 bits per heavy atom. The maximum absolute atomic E-state index is 10.2. The van der Waals surface area contributed by atoms with Crippen LogP contribution in [0, 0.1) is 0 Å². The van der Waals surface area contributed by atoms with Gasteiger partial charge in [-0.05, 0) is 51.6 Å². The standard InChI is InChI=1S/C16H27NO2/c1-5-6-11-17(4)12-16(18)14-7-9-15(10-8-14)19-13(2)3/h7-10,13,16,18H,5-6,11-12H2,1-4H3. The molecule has 1 unspecified atom stereocenters. The molecule has 0 spiro atoms. The van der Waals surface area contributed by atoms with E-state index in [2.05, 4.69) is 18.9 Å². The Labute approximate surface area is 117 Å². The first-order valence-electron chi connectivity index (χ1n) is 7.16. The number of ether oxygens (including phenoxy) is 1. The molecule has 0 aliphatic heterocycles. The van der Waals surface area contributed by atoms with Gasteiger partial charge in [-0.2, -0.15) is 0 Å². The zero-order valence-electron chi connectivity index (χ0n) is 12.6. The van der Waals surface area contributed by atoms with Crippen molar-refractivity contribution in [1.29, 1.82) is 0 Å². The van der Waals surface area contributed by atoms with Crippen molar-refractivity contribution >= 4 is 0 Å². The summed E-state index contributed by atoms with van der Waals surface area (Å²) in [5, 5.41) is 10.2. The quantitative estimate of drug-likeness (QED) is 0.783. The summed E-state index contributed by atoms with van der Waals surface area (Å²) >= 11 is 0. The van der Waals surface area contributed by atoms with Gasteiger partial charge in [-0.25, -0.2) is 0 Å². The molecule has 3 heteroatoms. The Hall–Kier alpha value is -1.06. The Morgan fingerprint density at radius 2 is 1.84 bits per heavy atom. The Kier molecular flexibility index (Phi) is 6.89. The van der Waals surface area contributed by atoms with Gasteiger partial charge in [0.05, 0.1) is 12.2 Å². The SMILES string of the molecule is CCCCN(C)CC(O)c1ccc(OC(C)C)cc1. The third kappa shape index (κ3) is 6.08. The summed E-state index contributed by atoms with van der Waals surface area (Å²) in [7, 11) is 2.05. The Balaban J connectivity index is 2.50. The summed E-state index contributed by atoms with van der Waals surface area (Å²) in [5.41, 5.74) is 0.944. The maximum Gasteiger partial charge on any atom is 0.119 e. The van der Waals surface area contributed by atoms with Crippen molar-refractivity contribution in [3.8, 4) is 5.75 Å². The lowest BCUT2D eigenvalue weighted by Gasteiger charge is -2.20. The van der Waals surface area contributed by atoms with Crippen LogP contribution >= 0.6 is 0 Å². The number of aliphatic hydroxyl groups excluding tert-OH is 1. The van der Waals surface area contributed by atoms with Crippen molar-refractivity contribution in [3.05, 3.63) is 29.8 Å². The number of unbranched alkanes of at least 4 members (excludes halogenated alkanes) is 1. The minimum Gasteiger partial charge on any atom is -0.491 e. The summed E-state index contributed by atoms with van der Waals surface area (Å²) in [6.07, 6.45) is 2.09. The number of benzene rings is 1. The fourth-order valence-corrected chi connectivity index (χ4v) is 1.96. The zero-order valence-corrected chi connectivity index (χ0v) is 12.6. The minimum atomic E-state index is -0.435. The largest absolute Gasteiger partial charge is 0.491 e. The predicted molar refractivity (Wildman–Crippen MR) is 79.6 cm³/mol. The van der Waals surface area contributed by atoms with Gasteiger partial charge in [-0.15, -0.1) is 0 Å². The van der Waals surface area contributed by atoms with E-state index in [0.717, 1.165) is 17.9 Å². The van der Waals surface area contributed by atoms with E-state index in [9.17, 15) is 5.11 Å². The van der Waals surface area contributed by atoms with Crippen LogP contribution in [0.1, 0.15) is 45.3 Å². The van der Waals surface area contributed by atoms with E-state index in [4.69, 9.17) is 4.74 Å². The van der Waals surface area contributed by atoms with Gasteiger partial charge in [0.2, 0.25) is 0 Å². The van der Waals surface area contributed by atoms with Gasteiger partial charge >= 0.3 is 0 Å². The first-order chi connectivity index (χ1) is 9.02. The minimum absolute atomic E-state index is 0.177. The first kappa shape index (κ1) is 16.0.